The number of rotatable bonds is 5. The van der Waals surface area contributed by atoms with E-state index in [9.17, 15) is 9.59 Å². The maximum absolute atomic E-state index is 12.6. The number of halogens is 1. The molecular weight excluding hydrogens is 374 g/mol. The summed E-state index contributed by atoms with van der Waals surface area (Å²) in [6.45, 7) is 4.28. The number of anilines is 1. The van der Waals surface area contributed by atoms with Crippen LogP contribution in [0, 0.1) is 13.8 Å². The van der Waals surface area contributed by atoms with E-state index in [2.05, 4.69) is 15.6 Å². The third kappa shape index (κ3) is 4.75. The number of aromatic nitrogens is 1. The van der Waals surface area contributed by atoms with Gasteiger partial charge in [-0.25, -0.2) is 0 Å². The number of hydrogen-bond donors (Lipinski definition) is 2. The van der Waals surface area contributed by atoms with Gasteiger partial charge in [-0.15, -0.1) is 0 Å². The zero-order chi connectivity index (χ0) is 20.1. The number of hydrogen-bond acceptors (Lipinski definition) is 3. The summed E-state index contributed by atoms with van der Waals surface area (Å²) in [5, 5.41) is 6.31. The number of nitrogens with one attached hydrogen (secondary N) is 2. The maximum atomic E-state index is 12.6. The highest BCUT2D eigenvalue weighted by Crippen LogP contribution is 2.19. The first-order valence-electron chi connectivity index (χ1n) is 8.80. The fraction of sp³-hybridized carbons (Fsp3) is 0.136. The van der Waals surface area contributed by atoms with Gasteiger partial charge in [-0.3, -0.25) is 14.6 Å². The molecule has 1 heterocycles. The van der Waals surface area contributed by atoms with Gasteiger partial charge in [0.25, 0.3) is 11.8 Å². The maximum Gasteiger partial charge on any atom is 0.270 e. The van der Waals surface area contributed by atoms with Gasteiger partial charge >= 0.3 is 0 Å². The average molecular weight is 394 g/mol. The molecule has 5 nitrogen and oxygen atoms in total. The first kappa shape index (κ1) is 19.6. The molecule has 6 heteroatoms. The molecule has 28 heavy (non-hydrogen) atoms. The van der Waals surface area contributed by atoms with Crippen molar-refractivity contribution in [2.75, 3.05) is 5.32 Å². The van der Waals surface area contributed by atoms with Crippen LogP contribution in [0.2, 0.25) is 5.02 Å². The van der Waals surface area contributed by atoms with Gasteiger partial charge < -0.3 is 10.6 Å². The van der Waals surface area contributed by atoms with Crippen LogP contribution < -0.4 is 10.6 Å². The normalized spacial score (nSPS) is 10.4. The van der Waals surface area contributed by atoms with Crippen molar-refractivity contribution >= 4 is 29.1 Å². The van der Waals surface area contributed by atoms with E-state index in [4.69, 9.17) is 11.6 Å². The van der Waals surface area contributed by atoms with E-state index in [1.807, 2.05) is 44.2 Å². The third-order valence-electron chi connectivity index (χ3n) is 4.47. The number of aryl methyl sites for hydroxylation is 1. The Bertz CT molecular complexity index is 1020. The standard InChI is InChI=1S/C22H20ClN3O2/c1-14-4-3-5-19(15(14)2)26-21(27)17-10-11-24-20(12-17)22(28)25-13-16-6-8-18(23)9-7-16/h3-12H,13H2,1-2H3,(H,25,28)(H,26,27). The minimum Gasteiger partial charge on any atom is -0.347 e. The van der Waals surface area contributed by atoms with Gasteiger partial charge in [0.1, 0.15) is 5.69 Å². The number of carbonyl (C=O) groups is 2. The Kier molecular flexibility index (Phi) is 6.06. The van der Waals surface area contributed by atoms with Crippen molar-refractivity contribution in [3.05, 3.63) is 93.8 Å². The lowest BCUT2D eigenvalue weighted by molar-refractivity contribution is 0.0946. The summed E-state index contributed by atoms with van der Waals surface area (Å²) >= 11 is 5.86. The number of pyridine rings is 1. The Balaban J connectivity index is 1.68. The molecule has 0 saturated carbocycles. The highest BCUT2D eigenvalue weighted by Gasteiger charge is 2.13. The second kappa shape index (κ2) is 8.67. The molecule has 0 saturated heterocycles. The zero-order valence-corrected chi connectivity index (χ0v) is 16.4. The zero-order valence-electron chi connectivity index (χ0n) is 15.6. The lowest BCUT2D eigenvalue weighted by Gasteiger charge is -2.11. The smallest absolute Gasteiger partial charge is 0.270 e. The molecule has 1 aromatic heterocycles. The summed E-state index contributed by atoms with van der Waals surface area (Å²) in [7, 11) is 0. The fourth-order valence-electron chi connectivity index (χ4n) is 2.65. The monoisotopic (exact) mass is 393 g/mol. The number of carbonyl (C=O) groups excluding carboxylic acids is 2. The van der Waals surface area contributed by atoms with E-state index in [0.29, 0.717) is 17.1 Å². The molecule has 3 aromatic rings. The van der Waals surface area contributed by atoms with Crippen LogP contribution >= 0.6 is 11.6 Å². The largest absolute Gasteiger partial charge is 0.347 e. The lowest BCUT2D eigenvalue weighted by Crippen LogP contribution is -2.24. The second-order valence-electron chi connectivity index (χ2n) is 6.44. The second-order valence-corrected chi connectivity index (χ2v) is 6.88. The van der Waals surface area contributed by atoms with Crippen LogP contribution in [0.15, 0.2) is 60.8 Å². The van der Waals surface area contributed by atoms with E-state index >= 15 is 0 Å². The van der Waals surface area contributed by atoms with Gasteiger partial charge in [0, 0.05) is 29.0 Å². The van der Waals surface area contributed by atoms with Crippen LogP contribution in [0.25, 0.3) is 0 Å². The molecule has 3 rings (SSSR count). The highest BCUT2D eigenvalue weighted by molar-refractivity contribution is 6.30. The molecule has 0 aliphatic heterocycles. The van der Waals surface area contributed by atoms with Gasteiger partial charge in [-0.2, -0.15) is 0 Å². The number of amides is 2. The van der Waals surface area contributed by atoms with Crippen molar-refractivity contribution in [2.24, 2.45) is 0 Å². The Morgan fingerprint density at radius 3 is 2.50 bits per heavy atom. The van der Waals surface area contributed by atoms with Crippen molar-refractivity contribution in [2.45, 2.75) is 20.4 Å². The molecule has 0 spiro atoms. The predicted octanol–water partition coefficient (Wildman–Crippen LogP) is 4.53. The fourth-order valence-corrected chi connectivity index (χ4v) is 2.78. The summed E-state index contributed by atoms with van der Waals surface area (Å²) in [4.78, 5) is 29.0. The van der Waals surface area contributed by atoms with Crippen molar-refractivity contribution in [1.82, 2.24) is 10.3 Å². The first-order chi connectivity index (χ1) is 13.4. The summed E-state index contributed by atoms with van der Waals surface area (Å²) in [5.41, 5.74) is 4.31. The van der Waals surface area contributed by atoms with Crippen molar-refractivity contribution in [3.8, 4) is 0 Å². The van der Waals surface area contributed by atoms with Crippen LogP contribution in [0.1, 0.15) is 37.5 Å². The van der Waals surface area contributed by atoms with Crippen LogP contribution in [0.5, 0.6) is 0 Å². The van der Waals surface area contributed by atoms with Gasteiger partial charge in [0.05, 0.1) is 0 Å². The molecule has 0 radical (unpaired) electrons. The molecule has 2 aromatic carbocycles. The van der Waals surface area contributed by atoms with Gasteiger partial charge in [0.15, 0.2) is 0 Å². The van der Waals surface area contributed by atoms with E-state index in [1.165, 1.54) is 12.3 Å². The van der Waals surface area contributed by atoms with Gasteiger partial charge in [0.2, 0.25) is 0 Å². The summed E-state index contributed by atoms with van der Waals surface area (Å²) in [6, 6.07) is 16.0. The molecule has 0 bridgehead atoms. The average Bonchev–Trinajstić information content (AvgIpc) is 2.71. The van der Waals surface area contributed by atoms with E-state index in [0.717, 1.165) is 22.4 Å². The molecule has 0 fully saturated rings. The topological polar surface area (TPSA) is 71.1 Å². The summed E-state index contributed by atoms with van der Waals surface area (Å²) in [6.07, 6.45) is 1.45. The van der Waals surface area contributed by atoms with E-state index in [-0.39, 0.29) is 17.5 Å². The lowest BCUT2D eigenvalue weighted by atomic mass is 10.1. The molecule has 0 aliphatic rings. The minimum atomic E-state index is -0.351. The molecular formula is C22H20ClN3O2. The quantitative estimate of drug-likeness (QED) is 0.668. The Morgan fingerprint density at radius 1 is 1.00 bits per heavy atom. The van der Waals surface area contributed by atoms with Crippen LogP contribution in [0.3, 0.4) is 0 Å². The van der Waals surface area contributed by atoms with Crippen molar-refractivity contribution < 1.29 is 9.59 Å². The SMILES string of the molecule is Cc1cccc(NC(=O)c2ccnc(C(=O)NCc3ccc(Cl)cc3)c2)c1C. The molecule has 0 aliphatic carbocycles. The first-order valence-corrected chi connectivity index (χ1v) is 9.18. The van der Waals surface area contributed by atoms with Crippen LogP contribution in [0.4, 0.5) is 5.69 Å². The van der Waals surface area contributed by atoms with Crippen LogP contribution in [-0.2, 0) is 6.54 Å². The Labute approximate surface area is 168 Å². The molecule has 2 amide bonds. The van der Waals surface area contributed by atoms with Crippen molar-refractivity contribution in [1.29, 1.82) is 0 Å². The number of nitrogens with zero attached hydrogens (tertiary/aromatic N) is 1. The van der Waals surface area contributed by atoms with Crippen LogP contribution in [-0.4, -0.2) is 16.8 Å². The van der Waals surface area contributed by atoms with E-state index < -0.39 is 0 Å². The Morgan fingerprint density at radius 2 is 1.75 bits per heavy atom. The van der Waals surface area contributed by atoms with Crippen molar-refractivity contribution in [3.63, 3.8) is 0 Å². The predicted molar refractivity (Wildman–Crippen MR) is 111 cm³/mol. The summed E-state index contributed by atoms with van der Waals surface area (Å²) < 4.78 is 0. The summed E-state index contributed by atoms with van der Waals surface area (Å²) in [5.74, 6) is -0.640. The Hall–Kier alpha value is -3.18. The molecule has 0 unspecified atom stereocenters. The molecule has 0 atom stereocenters. The molecule has 2 N–H and O–H groups in total. The number of benzene rings is 2. The molecule has 142 valence electrons. The third-order valence-corrected chi connectivity index (χ3v) is 4.73. The highest BCUT2D eigenvalue weighted by atomic mass is 35.5. The van der Waals surface area contributed by atoms with Gasteiger partial charge in [-0.1, -0.05) is 35.9 Å². The van der Waals surface area contributed by atoms with E-state index in [1.54, 1.807) is 18.2 Å². The van der Waals surface area contributed by atoms with Gasteiger partial charge in [-0.05, 0) is 60.9 Å². The minimum absolute atomic E-state index is 0.183.